The number of thioether (sulfide) groups is 1. The highest BCUT2D eigenvalue weighted by Gasteiger charge is 2.13. The van der Waals surface area contributed by atoms with Gasteiger partial charge in [0, 0.05) is 12.3 Å². The summed E-state index contributed by atoms with van der Waals surface area (Å²) in [6.07, 6.45) is 3.60. The first-order valence-electron chi connectivity index (χ1n) is 6.69. The Morgan fingerprint density at radius 1 is 1.11 bits per heavy atom. The first-order valence-corrected chi connectivity index (χ1v) is 9.50. The van der Waals surface area contributed by atoms with Gasteiger partial charge in [-0.1, -0.05) is 31.9 Å². The summed E-state index contributed by atoms with van der Waals surface area (Å²) in [4.78, 5) is 0.402. The number of hydrogen-bond donors (Lipinski definition) is 1. The molecule has 0 radical (unpaired) electrons. The van der Waals surface area contributed by atoms with Crippen LogP contribution in [0.3, 0.4) is 0 Å². The van der Waals surface area contributed by atoms with Crippen molar-refractivity contribution in [2.75, 3.05) is 17.3 Å². The van der Waals surface area contributed by atoms with Crippen LogP contribution in [-0.2, 0) is 16.4 Å². The number of nitrogens with two attached hydrogens (primary N) is 1. The molecule has 0 bridgehead atoms. The maximum atomic E-state index is 12.1. The lowest BCUT2D eigenvalue weighted by Gasteiger charge is -2.05. The van der Waals surface area contributed by atoms with Gasteiger partial charge in [0.1, 0.15) is 0 Å². The Morgan fingerprint density at radius 2 is 1.79 bits per heavy atom. The van der Waals surface area contributed by atoms with Crippen molar-refractivity contribution in [3.05, 3.63) is 29.8 Å². The lowest BCUT2D eigenvalue weighted by molar-refractivity contribution is 0.597. The molecule has 0 aromatic heterocycles. The highest BCUT2D eigenvalue weighted by atomic mass is 32.2. The van der Waals surface area contributed by atoms with Gasteiger partial charge in [-0.25, -0.2) is 8.42 Å². The minimum Gasteiger partial charge on any atom is -0.326 e. The first kappa shape index (κ1) is 16.5. The average Bonchev–Trinajstić information content (AvgIpc) is 2.43. The zero-order chi connectivity index (χ0) is 14.1. The number of sulfone groups is 1. The molecule has 0 saturated carbocycles. The zero-order valence-electron chi connectivity index (χ0n) is 11.5. The summed E-state index contributed by atoms with van der Waals surface area (Å²) in [5.74, 6) is 1.94. The molecule has 0 aliphatic heterocycles. The number of hydrogen-bond acceptors (Lipinski definition) is 4. The van der Waals surface area contributed by atoms with Crippen molar-refractivity contribution in [2.45, 2.75) is 37.6 Å². The van der Waals surface area contributed by atoms with E-state index in [-0.39, 0.29) is 5.75 Å². The molecule has 0 amide bonds. The van der Waals surface area contributed by atoms with Crippen LogP contribution >= 0.6 is 11.8 Å². The fraction of sp³-hybridized carbons (Fsp3) is 0.571. The molecule has 3 nitrogen and oxygen atoms in total. The smallest absolute Gasteiger partial charge is 0.179 e. The van der Waals surface area contributed by atoms with E-state index in [1.165, 1.54) is 19.3 Å². The molecule has 0 saturated heterocycles. The van der Waals surface area contributed by atoms with E-state index < -0.39 is 9.84 Å². The van der Waals surface area contributed by atoms with Crippen LogP contribution in [0.15, 0.2) is 29.2 Å². The number of unbranched alkanes of at least 4 members (excludes halogenated alkanes) is 2. The highest BCUT2D eigenvalue weighted by molar-refractivity contribution is 8.00. The monoisotopic (exact) mass is 301 g/mol. The molecule has 0 spiro atoms. The van der Waals surface area contributed by atoms with E-state index in [2.05, 4.69) is 6.92 Å². The van der Waals surface area contributed by atoms with E-state index in [1.54, 1.807) is 36.0 Å². The fourth-order valence-corrected chi connectivity index (χ4v) is 4.42. The van der Waals surface area contributed by atoms with E-state index >= 15 is 0 Å². The van der Waals surface area contributed by atoms with Crippen LogP contribution in [0.2, 0.25) is 0 Å². The second kappa shape index (κ2) is 8.61. The van der Waals surface area contributed by atoms with Crippen LogP contribution in [0.5, 0.6) is 0 Å². The molecule has 108 valence electrons. The van der Waals surface area contributed by atoms with Gasteiger partial charge in [0.05, 0.1) is 10.6 Å². The summed E-state index contributed by atoms with van der Waals surface area (Å²) in [6, 6.07) is 6.86. The van der Waals surface area contributed by atoms with E-state index in [0.29, 0.717) is 17.2 Å². The Labute approximate surface area is 120 Å². The molecule has 0 aliphatic rings. The fourth-order valence-electron chi connectivity index (χ4n) is 1.68. The summed E-state index contributed by atoms with van der Waals surface area (Å²) in [5, 5.41) is 0. The quantitative estimate of drug-likeness (QED) is 0.713. The number of rotatable bonds is 9. The third-order valence-corrected chi connectivity index (χ3v) is 5.97. The van der Waals surface area contributed by atoms with Crippen LogP contribution in [0.4, 0.5) is 0 Å². The highest BCUT2D eigenvalue weighted by Crippen LogP contribution is 2.15. The molecule has 0 unspecified atom stereocenters. The van der Waals surface area contributed by atoms with Crippen molar-refractivity contribution in [3.8, 4) is 0 Å². The minimum absolute atomic E-state index is 0.214. The molecular formula is C14H23NO2S2. The van der Waals surface area contributed by atoms with Crippen LogP contribution < -0.4 is 5.73 Å². The lowest BCUT2D eigenvalue weighted by Crippen LogP contribution is -2.09. The van der Waals surface area contributed by atoms with Gasteiger partial charge in [0.2, 0.25) is 0 Å². The maximum absolute atomic E-state index is 12.1. The standard InChI is InChI=1S/C14H23NO2S2/c1-2-3-4-9-18-10-11-19(16,17)14-7-5-13(12-15)6-8-14/h5-8H,2-4,9-12,15H2,1H3. The Morgan fingerprint density at radius 3 is 2.37 bits per heavy atom. The van der Waals surface area contributed by atoms with Crippen LogP contribution in [-0.4, -0.2) is 25.7 Å². The summed E-state index contributed by atoms with van der Waals surface area (Å²) in [5.41, 5.74) is 6.45. The Bertz CT molecular complexity index is 455. The number of benzene rings is 1. The van der Waals surface area contributed by atoms with Gasteiger partial charge in [-0.3, -0.25) is 0 Å². The van der Waals surface area contributed by atoms with Gasteiger partial charge in [0.25, 0.3) is 0 Å². The topological polar surface area (TPSA) is 60.2 Å². The van der Waals surface area contributed by atoms with Crippen molar-refractivity contribution in [3.63, 3.8) is 0 Å². The summed E-state index contributed by atoms with van der Waals surface area (Å²) in [6.45, 7) is 2.60. The minimum atomic E-state index is -3.14. The van der Waals surface area contributed by atoms with Gasteiger partial charge >= 0.3 is 0 Å². The van der Waals surface area contributed by atoms with E-state index in [0.717, 1.165) is 11.3 Å². The van der Waals surface area contributed by atoms with Gasteiger partial charge in [-0.05, 0) is 29.9 Å². The Kier molecular flexibility index (Phi) is 7.49. The Hall–Kier alpha value is -0.520. The predicted octanol–water partition coefficient (Wildman–Crippen LogP) is 2.84. The predicted molar refractivity (Wildman–Crippen MR) is 83.2 cm³/mol. The molecular weight excluding hydrogens is 278 g/mol. The van der Waals surface area contributed by atoms with Crippen LogP contribution in [0.25, 0.3) is 0 Å². The molecule has 1 aromatic carbocycles. The molecule has 5 heteroatoms. The van der Waals surface area contributed by atoms with E-state index in [9.17, 15) is 8.42 Å². The third kappa shape index (κ3) is 5.97. The second-order valence-electron chi connectivity index (χ2n) is 4.49. The molecule has 1 rings (SSSR count). The van der Waals surface area contributed by atoms with Gasteiger partial charge < -0.3 is 5.73 Å². The van der Waals surface area contributed by atoms with Crippen molar-refractivity contribution in [2.24, 2.45) is 5.73 Å². The van der Waals surface area contributed by atoms with Crippen molar-refractivity contribution in [1.82, 2.24) is 0 Å². The normalized spacial score (nSPS) is 11.7. The SMILES string of the molecule is CCCCCSCCS(=O)(=O)c1ccc(CN)cc1. The Balaban J connectivity index is 2.42. The van der Waals surface area contributed by atoms with Crippen molar-refractivity contribution in [1.29, 1.82) is 0 Å². The summed E-state index contributed by atoms with van der Waals surface area (Å²) >= 11 is 1.72. The lowest BCUT2D eigenvalue weighted by atomic mass is 10.2. The first-order chi connectivity index (χ1) is 9.10. The maximum Gasteiger partial charge on any atom is 0.179 e. The molecule has 19 heavy (non-hydrogen) atoms. The largest absolute Gasteiger partial charge is 0.326 e. The average molecular weight is 301 g/mol. The molecule has 0 fully saturated rings. The molecule has 0 heterocycles. The molecule has 0 atom stereocenters. The van der Waals surface area contributed by atoms with Crippen LogP contribution in [0, 0.1) is 0 Å². The second-order valence-corrected chi connectivity index (χ2v) is 7.82. The van der Waals surface area contributed by atoms with Gasteiger partial charge in [0.15, 0.2) is 9.84 Å². The van der Waals surface area contributed by atoms with Crippen molar-refractivity contribution >= 4 is 21.6 Å². The summed E-state index contributed by atoms with van der Waals surface area (Å²) in [7, 11) is -3.14. The summed E-state index contributed by atoms with van der Waals surface area (Å²) < 4.78 is 24.2. The van der Waals surface area contributed by atoms with Gasteiger partial charge in [-0.15, -0.1) is 0 Å². The molecule has 0 aliphatic carbocycles. The zero-order valence-corrected chi connectivity index (χ0v) is 13.1. The van der Waals surface area contributed by atoms with E-state index in [1.807, 2.05) is 0 Å². The third-order valence-electron chi connectivity index (χ3n) is 2.91. The van der Waals surface area contributed by atoms with Crippen LogP contribution in [0.1, 0.15) is 31.7 Å². The van der Waals surface area contributed by atoms with Crippen molar-refractivity contribution < 1.29 is 8.42 Å². The van der Waals surface area contributed by atoms with E-state index in [4.69, 9.17) is 5.73 Å². The van der Waals surface area contributed by atoms with Gasteiger partial charge in [-0.2, -0.15) is 11.8 Å². The molecule has 1 aromatic rings. The molecule has 2 N–H and O–H groups in total.